The predicted octanol–water partition coefficient (Wildman–Crippen LogP) is 3.49. The smallest absolute Gasteiger partial charge is 0.305 e. The minimum absolute atomic E-state index is 0.0371. The lowest BCUT2D eigenvalue weighted by atomic mass is 10.0. The SMILES string of the molecule is CCCC(=O)OC[C@H](O)CN[C@H](c1nc(-c2ccc(Br)cc2)no1)C(C)C. The van der Waals surface area contributed by atoms with Gasteiger partial charge >= 0.3 is 5.97 Å². The molecule has 0 aliphatic rings. The molecule has 0 aliphatic carbocycles. The molecule has 0 fully saturated rings. The third kappa shape index (κ3) is 6.71. The Kier molecular flexibility index (Phi) is 8.40. The minimum Gasteiger partial charge on any atom is -0.463 e. The molecule has 0 aliphatic heterocycles. The molecule has 1 heterocycles. The molecular weight excluding hydrogens is 414 g/mol. The van der Waals surface area contributed by atoms with Gasteiger partial charge in [0.25, 0.3) is 0 Å². The number of ether oxygens (including phenoxy) is 1. The van der Waals surface area contributed by atoms with Crippen molar-refractivity contribution in [3.05, 3.63) is 34.6 Å². The van der Waals surface area contributed by atoms with E-state index in [4.69, 9.17) is 9.26 Å². The standard InChI is InChI=1S/C19H26BrN3O4/c1-4-5-16(25)26-11-15(24)10-21-17(12(2)3)19-22-18(23-27-19)13-6-8-14(20)9-7-13/h6-9,12,15,17,21,24H,4-5,10-11H2,1-3H3/t15-,17+/m1/s1. The van der Waals surface area contributed by atoms with Crippen molar-refractivity contribution in [2.24, 2.45) is 5.92 Å². The van der Waals surface area contributed by atoms with Crippen LogP contribution in [0, 0.1) is 5.92 Å². The summed E-state index contributed by atoms with van der Waals surface area (Å²) < 4.78 is 11.4. The molecule has 0 radical (unpaired) electrons. The minimum atomic E-state index is -0.805. The zero-order valence-electron chi connectivity index (χ0n) is 15.8. The van der Waals surface area contributed by atoms with Crippen molar-refractivity contribution in [1.82, 2.24) is 15.5 Å². The predicted molar refractivity (Wildman–Crippen MR) is 105 cm³/mol. The molecule has 0 bridgehead atoms. The first-order valence-electron chi connectivity index (χ1n) is 9.07. The van der Waals surface area contributed by atoms with Crippen molar-refractivity contribution in [3.63, 3.8) is 0 Å². The maximum absolute atomic E-state index is 11.4. The molecule has 0 saturated heterocycles. The summed E-state index contributed by atoms with van der Waals surface area (Å²) >= 11 is 3.40. The van der Waals surface area contributed by atoms with E-state index in [2.05, 4.69) is 31.4 Å². The lowest BCUT2D eigenvalue weighted by Crippen LogP contribution is -2.35. The van der Waals surface area contributed by atoms with E-state index in [1.807, 2.05) is 45.0 Å². The van der Waals surface area contributed by atoms with Crippen LogP contribution in [-0.2, 0) is 9.53 Å². The fraction of sp³-hybridized carbons (Fsp3) is 0.526. The van der Waals surface area contributed by atoms with Gasteiger partial charge in [0, 0.05) is 23.0 Å². The van der Waals surface area contributed by atoms with E-state index in [1.54, 1.807) is 0 Å². The van der Waals surface area contributed by atoms with Crippen molar-refractivity contribution < 1.29 is 19.2 Å². The topological polar surface area (TPSA) is 97.5 Å². The summed E-state index contributed by atoms with van der Waals surface area (Å²) in [4.78, 5) is 15.9. The summed E-state index contributed by atoms with van der Waals surface area (Å²) in [5.74, 6) is 0.836. The summed E-state index contributed by atoms with van der Waals surface area (Å²) in [5.41, 5.74) is 0.860. The Morgan fingerprint density at radius 1 is 1.33 bits per heavy atom. The van der Waals surface area contributed by atoms with Crippen LogP contribution in [0.1, 0.15) is 45.5 Å². The molecule has 0 spiro atoms. The van der Waals surface area contributed by atoms with Gasteiger partial charge in [-0.3, -0.25) is 4.79 Å². The second-order valence-electron chi connectivity index (χ2n) is 6.68. The number of hydrogen-bond acceptors (Lipinski definition) is 7. The van der Waals surface area contributed by atoms with E-state index in [0.29, 0.717) is 18.1 Å². The molecule has 148 valence electrons. The first-order valence-corrected chi connectivity index (χ1v) is 9.86. The van der Waals surface area contributed by atoms with Crippen LogP contribution < -0.4 is 5.32 Å². The normalized spacial score (nSPS) is 13.6. The summed E-state index contributed by atoms with van der Waals surface area (Å²) in [7, 11) is 0. The summed E-state index contributed by atoms with van der Waals surface area (Å²) in [6, 6.07) is 7.43. The van der Waals surface area contributed by atoms with Crippen molar-refractivity contribution >= 4 is 21.9 Å². The van der Waals surface area contributed by atoms with E-state index < -0.39 is 6.10 Å². The Bertz CT molecular complexity index is 718. The second-order valence-corrected chi connectivity index (χ2v) is 7.60. The highest BCUT2D eigenvalue weighted by Crippen LogP contribution is 2.24. The van der Waals surface area contributed by atoms with Crippen LogP contribution in [0.5, 0.6) is 0 Å². The van der Waals surface area contributed by atoms with Crippen molar-refractivity contribution in [2.45, 2.75) is 45.8 Å². The number of aliphatic hydroxyl groups excluding tert-OH is 1. The Balaban J connectivity index is 1.95. The maximum Gasteiger partial charge on any atom is 0.305 e. The molecule has 2 aromatic rings. The van der Waals surface area contributed by atoms with Gasteiger partial charge in [0.2, 0.25) is 11.7 Å². The highest BCUT2D eigenvalue weighted by molar-refractivity contribution is 9.10. The number of esters is 1. The van der Waals surface area contributed by atoms with Gasteiger partial charge in [-0.25, -0.2) is 0 Å². The number of rotatable bonds is 10. The second kappa shape index (κ2) is 10.5. The Hall–Kier alpha value is -1.77. The zero-order chi connectivity index (χ0) is 19.8. The van der Waals surface area contributed by atoms with Gasteiger partial charge in [-0.2, -0.15) is 4.98 Å². The lowest BCUT2D eigenvalue weighted by molar-refractivity contribution is -0.146. The molecular formula is C19H26BrN3O4. The Morgan fingerprint density at radius 2 is 2.04 bits per heavy atom. The molecule has 27 heavy (non-hydrogen) atoms. The highest BCUT2D eigenvalue weighted by Gasteiger charge is 2.23. The van der Waals surface area contributed by atoms with Gasteiger partial charge in [0.1, 0.15) is 12.7 Å². The molecule has 2 N–H and O–H groups in total. The fourth-order valence-electron chi connectivity index (χ4n) is 2.47. The van der Waals surface area contributed by atoms with Gasteiger partial charge in [-0.1, -0.05) is 41.9 Å². The number of carbonyl (C=O) groups excluding carboxylic acids is 1. The van der Waals surface area contributed by atoms with Crippen molar-refractivity contribution in [3.8, 4) is 11.4 Å². The third-order valence-corrected chi connectivity index (χ3v) is 4.47. The molecule has 0 amide bonds. The molecule has 2 rings (SSSR count). The number of nitrogens with zero attached hydrogens (tertiary/aromatic N) is 2. The summed E-state index contributed by atoms with van der Waals surface area (Å²) in [6.07, 6.45) is 0.275. The highest BCUT2D eigenvalue weighted by atomic mass is 79.9. The third-order valence-electron chi connectivity index (χ3n) is 3.94. The van der Waals surface area contributed by atoms with Crippen LogP contribution in [0.2, 0.25) is 0 Å². The summed E-state index contributed by atoms with van der Waals surface area (Å²) in [5, 5.41) is 17.3. The van der Waals surface area contributed by atoms with E-state index >= 15 is 0 Å². The number of carbonyl (C=O) groups is 1. The van der Waals surface area contributed by atoms with Crippen LogP contribution in [0.25, 0.3) is 11.4 Å². The van der Waals surface area contributed by atoms with Crippen LogP contribution >= 0.6 is 15.9 Å². The Morgan fingerprint density at radius 3 is 2.67 bits per heavy atom. The van der Waals surface area contributed by atoms with Crippen LogP contribution in [0.4, 0.5) is 0 Å². The quantitative estimate of drug-likeness (QED) is 0.546. The van der Waals surface area contributed by atoms with Gasteiger partial charge in [0.05, 0.1) is 6.04 Å². The average Bonchev–Trinajstić information content (AvgIpc) is 3.10. The van der Waals surface area contributed by atoms with E-state index in [1.165, 1.54) is 0 Å². The number of hydrogen-bond donors (Lipinski definition) is 2. The van der Waals surface area contributed by atoms with E-state index in [9.17, 15) is 9.90 Å². The van der Waals surface area contributed by atoms with Crippen molar-refractivity contribution in [2.75, 3.05) is 13.2 Å². The fourth-order valence-corrected chi connectivity index (χ4v) is 2.74. The molecule has 0 unspecified atom stereocenters. The van der Waals surface area contributed by atoms with Gasteiger partial charge in [-0.05, 0) is 36.6 Å². The first kappa shape index (κ1) is 21.5. The first-order chi connectivity index (χ1) is 12.9. The average molecular weight is 440 g/mol. The van der Waals surface area contributed by atoms with E-state index in [-0.39, 0.29) is 31.1 Å². The van der Waals surface area contributed by atoms with Gasteiger partial charge < -0.3 is 19.7 Å². The molecule has 2 atom stereocenters. The van der Waals surface area contributed by atoms with Gasteiger partial charge in [-0.15, -0.1) is 0 Å². The molecule has 1 aromatic heterocycles. The zero-order valence-corrected chi connectivity index (χ0v) is 17.4. The molecule has 0 saturated carbocycles. The van der Waals surface area contributed by atoms with Gasteiger partial charge in [0.15, 0.2) is 0 Å². The largest absolute Gasteiger partial charge is 0.463 e. The monoisotopic (exact) mass is 439 g/mol. The molecule has 1 aromatic carbocycles. The molecule has 7 nitrogen and oxygen atoms in total. The van der Waals surface area contributed by atoms with Crippen LogP contribution in [0.3, 0.4) is 0 Å². The van der Waals surface area contributed by atoms with Crippen LogP contribution in [0.15, 0.2) is 33.3 Å². The lowest BCUT2D eigenvalue weighted by Gasteiger charge is -2.20. The van der Waals surface area contributed by atoms with Crippen molar-refractivity contribution in [1.29, 1.82) is 0 Å². The number of aromatic nitrogens is 2. The number of halogens is 1. The van der Waals surface area contributed by atoms with Crippen LogP contribution in [-0.4, -0.2) is 40.5 Å². The Labute approximate surface area is 167 Å². The number of benzene rings is 1. The number of aliphatic hydroxyl groups is 1. The maximum atomic E-state index is 11.4. The van der Waals surface area contributed by atoms with E-state index in [0.717, 1.165) is 16.5 Å². The number of nitrogens with one attached hydrogen (secondary N) is 1. The summed E-state index contributed by atoms with van der Waals surface area (Å²) in [6.45, 7) is 6.16. The molecule has 8 heteroatoms.